The largest absolute Gasteiger partial charge is 0.484 e. The lowest BCUT2D eigenvalue weighted by Gasteiger charge is -2.29. The average molecular weight is 331 g/mol. The third-order valence-electron chi connectivity index (χ3n) is 4.75. The molecule has 3 rings (SSSR count). The lowest BCUT2D eigenvalue weighted by molar-refractivity contribution is -0.125. The van der Waals surface area contributed by atoms with Crippen LogP contribution in [0, 0.1) is 11.8 Å². The summed E-state index contributed by atoms with van der Waals surface area (Å²) in [7, 11) is 0. The van der Waals surface area contributed by atoms with Crippen LogP contribution < -0.4 is 21.1 Å². The van der Waals surface area contributed by atoms with E-state index in [1.165, 1.54) is 0 Å². The molecule has 130 valence electrons. The maximum Gasteiger partial charge on any atom is 0.258 e. The van der Waals surface area contributed by atoms with Crippen molar-refractivity contribution >= 4 is 17.5 Å². The number of anilines is 1. The van der Waals surface area contributed by atoms with Crippen LogP contribution in [0.4, 0.5) is 5.69 Å². The molecule has 1 unspecified atom stereocenters. The molecule has 4 N–H and O–H groups in total. The molecule has 0 spiro atoms. The number of nitrogens with one attached hydrogen (secondary N) is 2. The highest BCUT2D eigenvalue weighted by molar-refractivity contribution is 5.94. The number of amides is 2. The monoisotopic (exact) mass is 331 g/mol. The first-order chi connectivity index (χ1) is 11.5. The van der Waals surface area contributed by atoms with Crippen molar-refractivity contribution in [3.8, 4) is 5.75 Å². The summed E-state index contributed by atoms with van der Waals surface area (Å²) in [5.41, 5.74) is 6.15. The first kappa shape index (κ1) is 16.8. The van der Waals surface area contributed by atoms with Crippen molar-refractivity contribution in [2.75, 3.05) is 18.5 Å². The summed E-state index contributed by atoms with van der Waals surface area (Å²) < 4.78 is 5.55. The van der Waals surface area contributed by atoms with Gasteiger partial charge in [0.2, 0.25) is 5.91 Å². The van der Waals surface area contributed by atoms with Crippen molar-refractivity contribution in [3.63, 3.8) is 0 Å². The number of hydrogen-bond donors (Lipinski definition) is 3. The minimum Gasteiger partial charge on any atom is -0.484 e. The molecule has 2 amide bonds. The van der Waals surface area contributed by atoms with Crippen LogP contribution in [0.25, 0.3) is 0 Å². The average Bonchev–Trinajstić information content (AvgIpc) is 3.44. The van der Waals surface area contributed by atoms with E-state index < -0.39 is 0 Å². The Balaban J connectivity index is 1.50. The molecule has 6 nitrogen and oxygen atoms in total. The van der Waals surface area contributed by atoms with Gasteiger partial charge in [-0.3, -0.25) is 9.59 Å². The smallest absolute Gasteiger partial charge is 0.258 e. The summed E-state index contributed by atoms with van der Waals surface area (Å²) in [6.07, 6.45) is 4.14. The molecule has 0 aliphatic heterocycles. The molecule has 2 aliphatic carbocycles. The normalized spacial score (nSPS) is 19.2. The zero-order chi connectivity index (χ0) is 17.2. The van der Waals surface area contributed by atoms with Crippen LogP contribution in [0.2, 0.25) is 0 Å². The molecule has 24 heavy (non-hydrogen) atoms. The summed E-state index contributed by atoms with van der Waals surface area (Å²) in [6, 6.07) is 7.11. The maximum atomic E-state index is 12.1. The van der Waals surface area contributed by atoms with Crippen LogP contribution in [-0.4, -0.2) is 30.5 Å². The van der Waals surface area contributed by atoms with Crippen LogP contribution in [-0.2, 0) is 9.59 Å². The lowest BCUT2D eigenvalue weighted by atomic mass is 9.96. The highest BCUT2D eigenvalue weighted by atomic mass is 16.5. The second-order valence-corrected chi connectivity index (χ2v) is 7.02. The molecular formula is C18H25N3O3. The summed E-state index contributed by atoms with van der Waals surface area (Å²) in [5, 5.41) is 5.85. The first-order valence-electron chi connectivity index (χ1n) is 8.55. The minimum atomic E-state index is -0.347. The van der Waals surface area contributed by atoms with Crippen LogP contribution in [0.3, 0.4) is 0 Å². The quantitative estimate of drug-likeness (QED) is 0.675. The molecule has 0 bridgehead atoms. The van der Waals surface area contributed by atoms with E-state index in [-0.39, 0.29) is 29.9 Å². The topological polar surface area (TPSA) is 93.4 Å². The Labute approximate surface area is 142 Å². The third kappa shape index (κ3) is 4.26. The van der Waals surface area contributed by atoms with Crippen molar-refractivity contribution in [1.82, 2.24) is 5.32 Å². The molecule has 0 radical (unpaired) electrons. The van der Waals surface area contributed by atoms with Gasteiger partial charge in [-0.1, -0.05) is 6.07 Å². The molecule has 1 aromatic carbocycles. The zero-order valence-electron chi connectivity index (χ0n) is 14.0. The van der Waals surface area contributed by atoms with Gasteiger partial charge in [0.1, 0.15) is 5.75 Å². The predicted octanol–water partition coefficient (Wildman–Crippen LogP) is 1.66. The van der Waals surface area contributed by atoms with Crippen molar-refractivity contribution in [1.29, 1.82) is 0 Å². The van der Waals surface area contributed by atoms with Crippen molar-refractivity contribution in [2.24, 2.45) is 17.6 Å². The van der Waals surface area contributed by atoms with Gasteiger partial charge in [-0.2, -0.15) is 0 Å². The van der Waals surface area contributed by atoms with Gasteiger partial charge < -0.3 is 21.1 Å². The fraction of sp³-hybridized carbons (Fsp3) is 0.556. The summed E-state index contributed by atoms with van der Waals surface area (Å²) >= 11 is 0. The Morgan fingerprint density at radius 1 is 1.29 bits per heavy atom. The Hall–Kier alpha value is -2.08. The van der Waals surface area contributed by atoms with Crippen LogP contribution in [0.5, 0.6) is 5.75 Å². The fourth-order valence-corrected chi connectivity index (χ4v) is 2.80. The zero-order valence-corrected chi connectivity index (χ0v) is 14.0. The van der Waals surface area contributed by atoms with Gasteiger partial charge in [-0.05, 0) is 50.7 Å². The standard InChI is InChI=1S/C18H25N3O3/c1-18(11-19,13-7-8-13)21-16(22)10-24-15-4-2-3-14(9-15)20-17(23)12-5-6-12/h2-4,9,12-13H,5-8,10-11,19H2,1H3,(H,20,23)(H,21,22). The second kappa shape index (κ2) is 6.81. The van der Waals surface area contributed by atoms with E-state index in [9.17, 15) is 9.59 Å². The maximum absolute atomic E-state index is 12.1. The molecule has 1 atom stereocenters. The summed E-state index contributed by atoms with van der Waals surface area (Å²) in [4.78, 5) is 23.9. The van der Waals surface area contributed by atoms with Gasteiger partial charge in [-0.15, -0.1) is 0 Å². The number of nitrogens with two attached hydrogens (primary N) is 1. The highest BCUT2D eigenvalue weighted by Crippen LogP contribution is 2.38. The molecule has 0 saturated heterocycles. The minimum absolute atomic E-state index is 0.0491. The van der Waals surface area contributed by atoms with Crippen molar-refractivity contribution in [3.05, 3.63) is 24.3 Å². The molecule has 0 heterocycles. The van der Waals surface area contributed by atoms with Gasteiger partial charge in [0, 0.05) is 24.2 Å². The van der Waals surface area contributed by atoms with Gasteiger partial charge in [0.05, 0.1) is 5.54 Å². The molecule has 2 aliphatic rings. The number of hydrogen-bond acceptors (Lipinski definition) is 4. The van der Waals surface area contributed by atoms with Gasteiger partial charge in [0.25, 0.3) is 5.91 Å². The summed E-state index contributed by atoms with van der Waals surface area (Å²) in [5.74, 6) is 1.04. The Morgan fingerprint density at radius 3 is 2.67 bits per heavy atom. The number of carbonyl (C=O) groups is 2. The predicted molar refractivity (Wildman–Crippen MR) is 91.6 cm³/mol. The van der Waals surface area contributed by atoms with Crippen LogP contribution in [0.1, 0.15) is 32.6 Å². The molecule has 2 fully saturated rings. The Morgan fingerprint density at radius 2 is 2.04 bits per heavy atom. The van der Waals surface area contributed by atoms with E-state index in [0.29, 0.717) is 23.9 Å². The molecule has 2 saturated carbocycles. The number of rotatable bonds is 8. The SMILES string of the molecule is CC(CN)(NC(=O)COc1cccc(NC(=O)C2CC2)c1)C1CC1. The molecular weight excluding hydrogens is 306 g/mol. The summed E-state index contributed by atoms with van der Waals surface area (Å²) in [6.45, 7) is 2.34. The van der Waals surface area contributed by atoms with Crippen molar-refractivity contribution < 1.29 is 14.3 Å². The van der Waals surface area contributed by atoms with Crippen LogP contribution in [0.15, 0.2) is 24.3 Å². The van der Waals surface area contributed by atoms with E-state index in [4.69, 9.17) is 10.5 Å². The fourth-order valence-electron chi connectivity index (χ4n) is 2.80. The van der Waals surface area contributed by atoms with E-state index in [1.807, 2.05) is 13.0 Å². The molecule has 6 heteroatoms. The highest BCUT2D eigenvalue weighted by Gasteiger charge is 2.41. The van der Waals surface area contributed by atoms with Gasteiger partial charge >= 0.3 is 0 Å². The van der Waals surface area contributed by atoms with E-state index in [2.05, 4.69) is 10.6 Å². The van der Waals surface area contributed by atoms with E-state index in [1.54, 1.807) is 18.2 Å². The second-order valence-electron chi connectivity index (χ2n) is 7.02. The van der Waals surface area contributed by atoms with E-state index >= 15 is 0 Å². The van der Waals surface area contributed by atoms with Crippen molar-refractivity contribution in [2.45, 2.75) is 38.1 Å². The third-order valence-corrected chi connectivity index (χ3v) is 4.75. The van der Waals surface area contributed by atoms with Gasteiger partial charge in [-0.25, -0.2) is 0 Å². The molecule has 1 aromatic rings. The number of benzene rings is 1. The number of ether oxygens (including phenoxy) is 1. The van der Waals surface area contributed by atoms with E-state index in [0.717, 1.165) is 25.7 Å². The lowest BCUT2D eigenvalue weighted by Crippen LogP contribution is -2.54. The molecule has 0 aromatic heterocycles. The Bertz CT molecular complexity index is 626. The van der Waals surface area contributed by atoms with Gasteiger partial charge in [0.15, 0.2) is 6.61 Å². The Kier molecular flexibility index (Phi) is 4.76. The number of carbonyl (C=O) groups excluding carboxylic acids is 2. The van der Waals surface area contributed by atoms with Crippen LogP contribution >= 0.6 is 0 Å². The first-order valence-corrected chi connectivity index (χ1v) is 8.55.